The quantitative estimate of drug-likeness (QED) is 0.894. The molecule has 2 fully saturated rings. The minimum absolute atomic E-state index is 0.214. The van der Waals surface area contributed by atoms with Crippen molar-refractivity contribution in [2.45, 2.75) is 18.9 Å². The van der Waals surface area contributed by atoms with Gasteiger partial charge in [-0.2, -0.15) is 0 Å². The van der Waals surface area contributed by atoms with Crippen LogP contribution < -0.4 is 5.32 Å². The number of piperazine rings is 1. The van der Waals surface area contributed by atoms with Crippen LogP contribution in [0.4, 0.5) is 4.39 Å². The topological polar surface area (TPSA) is 44.7 Å². The fraction of sp³-hybridized carbons (Fsp3) is 0.625. The van der Waals surface area contributed by atoms with E-state index in [-0.39, 0.29) is 11.8 Å². The van der Waals surface area contributed by atoms with Gasteiger partial charge in [-0.3, -0.25) is 4.90 Å². The Kier molecular flexibility index (Phi) is 4.73. The number of ether oxygens (including phenoxy) is 1. The molecule has 4 nitrogen and oxygen atoms in total. The van der Waals surface area contributed by atoms with E-state index in [2.05, 4.69) is 10.2 Å². The lowest BCUT2D eigenvalue weighted by atomic mass is 9.85. The van der Waals surface area contributed by atoms with Crippen LogP contribution in [-0.4, -0.2) is 49.4 Å². The number of hydrogen-bond donors (Lipinski definition) is 2. The summed E-state index contributed by atoms with van der Waals surface area (Å²) in [7, 11) is 0. The van der Waals surface area contributed by atoms with E-state index in [1.807, 2.05) is 6.07 Å². The molecule has 2 aliphatic rings. The number of nitrogens with zero attached hydrogens (tertiary/aromatic N) is 1. The molecule has 0 aromatic heterocycles. The Labute approximate surface area is 124 Å². The predicted octanol–water partition coefficient (Wildman–Crippen LogP) is 1.90. The number of hydrogen-bond acceptors (Lipinski definition) is 4. The van der Waals surface area contributed by atoms with Crippen LogP contribution in [0.15, 0.2) is 18.2 Å². The molecule has 0 unspecified atom stereocenters. The van der Waals surface area contributed by atoms with Crippen molar-refractivity contribution in [3.63, 3.8) is 0 Å². The van der Waals surface area contributed by atoms with Gasteiger partial charge in [0.2, 0.25) is 0 Å². The summed E-state index contributed by atoms with van der Waals surface area (Å²) in [6.07, 6.45) is 2.02. The Morgan fingerprint density at radius 1 is 1.24 bits per heavy atom. The maximum absolute atomic E-state index is 13.8. The largest absolute Gasteiger partial charge is 0.505 e. The highest BCUT2D eigenvalue weighted by Gasteiger charge is 2.31. The van der Waals surface area contributed by atoms with Gasteiger partial charge < -0.3 is 15.2 Å². The Morgan fingerprint density at radius 2 is 1.95 bits per heavy atom. The average molecular weight is 294 g/mol. The third-order valence-corrected chi connectivity index (χ3v) is 4.57. The van der Waals surface area contributed by atoms with Gasteiger partial charge in [-0.25, -0.2) is 4.39 Å². The molecule has 21 heavy (non-hydrogen) atoms. The highest BCUT2D eigenvalue weighted by molar-refractivity contribution is 5.30. The van der Waals surface area contributed by atoms with E-state index in [9.17, 15) is 9.50 Å². The van der Waals surface area contributed by atoms with Crippen LogP contribution >= 0.6 is 0 Å². The van der Waals surface area contributed by atoms with Crippen LogP contribution in [0.25, 0.3) is 0 Å². The fourth-order valence-electron chi connectivity index (χ4n) is 3.48. The lowest BCUT2D eigenvalue weighted by Gasteiger charge is -2.41. The van der Waals surface area contributed by atoms with E-state index in [4.69, 9.17) is 4.74 Å². The first kappa shape index (κ1) is 14.8. The molecule has 0 spiro atoms. The summed E-state index contributed by atoms with van der Waals surface area (Å²) in [5, 5.41) is 12.8. The van der Waals surface area contributed by atoms with E-state index in [0.717, 1.165) is 57.8 Å². The zero-order valence-corrected chi connectivity index (χ0v) is 12.2. The van der Waals surface area contributed by atoms with Gasteiger partial charge in [-0.05, 0) is 36.5 Å². The van der Waals surface area contributed by atoms with Crippen LogP contribution in [0.5, 0.6) is 5.75 Å². The third-order valence-electron chi connectivity index (χ3n) is 4.57. The number of phenols is 1. The van der Waals surface area contributed by atoms with Gasteiger partial charge in [0.1, 0.15) is 0 Å². The van der Waals surface area contributed by atoms with Crippen molar-refractivity contribution in [2.24, 2.45) is 5.92 Å². The molecule has 1 aromatic rings. The fourth-order valence-corrected chi connectivity index (χ4v) is 3.48. The summed E-state index contributed by atoms with van der Waals surface area (Å²) in [5.41, 5.74) is 0.971. The first-order valence-electron chi connectivity index (χ1n) is 7.76. The first-order valence-corrected chi connectivity index (χ1v) is 7.76. The molecule has 2 N–H and O–H groups in total. The van der Waals surface area contributed by atoms with Crippen LogP contribution in [0, 0.1) is 11.7 Å². The van der Waals surface area contributed by atoms with Gasteiger partial charge in [-0.1, -0.05) is 6.07 Å². The Bertz CT molecular complexity index is 453. The van der Waals surface area contributed by atoms with E-state index in [0.29, 0.717) is 5.92 Å². The highest BCUT2D eigenvalue weighted by atomic mass is 19.1. The molecule has 0 aliphatic carbocycles. The highest BCUT2D eigenvalue weighted by Crippen LogP contribution is 2.36. The Morgan fingerprint density at radius 3 is 2.62 bits per heavy atom. The SMILES string of the molecule is Oc1ccc([C@H](C2CCOCC2)N2CCNCC2)cc1F. The van der Waals surface area contributed by atoms with Gasteiger partial charge in [0.25, 0.3) is 0 Å². The van der Waals surface area contributed by atoms with Crippen molar-refractivity contribution in [2.75, 3.05) is 39.4 Å². The normalized spacial score (nSPS) is 23.1. The molecule has 1 aromatic carbocycles. The van der Waals surface area contributed by atoms with Crippen LogP contribution in [0.3, 0.4) is 0 Å². The molecule has 2 aliphatic heterocycles. The summed E-state index contributed by atoms with van der Waals surface area (Å²) in [4.78, 5) is 2.44. The van der Waals surface area contributed by atoms with Crippen molar-refractivity contribution >= 4 is 0 Å². The molecule has 0 saturated carbocycles. The van der Waals surface area contributed by atoms with Crippen LogP contribution in [0.2, 0.25) is 0 Å². The van der Waals surface area contributed by atoms with E-state index < -0.39 is 5.82 Å². The first-order chi connectivity index (χ1) is 10.3. The lowest BCUT2D eigenvalue weighted by molar-refractivity contribution is 0.0212. The molecular formula is C16H23FN2O2. The number of halogens is 1. The molecule has 0 amide bonds. The lowest BCUT2D eigenvalue weighted by Crippen LogP contribution is -2.47. The molecule has 116 valence electrons. The van der Waals surface area contributed by atoms with Gasteiger partial charge in [-0.15, -0.1) is 0 Å². The van der Waals surface area contributed by atoms with E-state index in [1.165, 1.54) is 12.1 Å². The van der Waals surface area contributed by atoms with Crippen molar-refractivity contribution in [3.05, 3.63) is 29.6 Å². The summed E-state index contributed by atoms with van der Waals surface area (Å²) in [6.45, 7) is 5.47. The second-order valence-corrected chi connectivity index (χ2v) is 5.89. The van der Waals surface area contributed by atoms with Gasteiger partial charge in [0.05, 0.1) is 0 Å². The zero-order chi connectivity index (χ0) is 14.7. The zero-order valence-electron chi connectivity index (χ0n) is 12.2. The number of phenolic OH excluding ortho intramolecular Hbond substituents is 1. The number of nitrogens with one attached hydrogen (secondary N) is 1. The predicted molar refractivity (Wildman–Crippen MR) is 78.8 cm³/mol. The summed E-state index contributed by atoms with van der Waals surface area (Å²) >= 11 is 0. The molecular weight excluding hydrogens is 271 g/mol. The van der Waals surface area contributed by atoms with Crippen molar-refractivity contribution in [3.8, 4) is 5.75 Å². The summed E-state index contributed by atoms with van der Waals surface area (Å²) in [6, 6.07) is 5.04. The number of aromatic hydroxyl groups is 1. The molecule has 0 radical (unpaired) electrons. The smallest absolute Gasteiger partial charge is 0.165 e. The van der Waals surface area contributed by atoms with Gasteiger partial charge in [0.15, 0.2) is 11.6 Å². The van der Waals surface area contributed by atoms with Crippen molar-refractivity contribution in [1.82, 2.24) is 10.2 Å². The second-order valence-electron chi connectivity index (χ2n) is 5.89. The Hall–Kier alpha value is -1.17. The second kappa shape index (κ2) is 6.73. The molecule has 3 rings (SSSR count). The Balaban J connectivity index is 1.87. The minimum atomic E-state index is -0.528. The third kappa shape index (κ3) is 3.36. The molecule has 1 atom stereocenters. The minimum Gasteiger partial charge on any atom is -0.505 e. The van der Waals surface area contributed by atoms with Gasteiger partial charge in [0, 0.05) is 45.4 Å². The molecule has 5 heteroatoms. The summed E-state index contributed by atoms with van der Waals surface area (Å²) < 4.78 is 19.2. The van der Waals surface area contributed by atoms with Crippen molar-refractivity contribution < 1.29 is 14.2 Å². The molecule has 0 bridgehead atoms. The summed E-state index contributed by atoms with van der Waals surface area (Å²) in [5.74, 6) is -0.315. The number of rotatable bonds is 3. The average Bonchev–Trinajstić information content (AvgIpc) is 2.53. The maximum Gasteiger partial charge on any atom is 0.165 e. The maximum atomic E-state index is 13.8. The molecule has 2 heterocycles. The molecule has 2 saturated heterocycles. The number of benzene rings is 1. The van der Waals surface area contributed by atoms with E-state index >= 15 is 0 Å². The van der Waals surface area contributed by atoms with E-state index in [1.54, 1.807) is 0 Å². The van der Waals surface area contributed by atoms with Crippen molar-refractivity contribution in [1.29, 1.82) is 0 Å². The standard InChI is InChI=1S/C16H23FN2O2/c17-14-11-13(1-2-15(14)20)16(12-3-9-21-10-4-12)19-7-5-18-6-8-19/h1-2,11-12,16,18,20H,3-10H2/t16-/m0/s1. The monoisotopic (exact) mass is 294 g/mol. The van der Waals surface area contributed by atoms with Gasteiger partial charge >= 0.3 is 0 Å². The van der Waals surface area contributed by atoms with Crippen LogP contribution in [0.1, 0.15) is 24.4 Å². The van der Waals surface area contributed by atoms with Crippen LogP contribution in [-0.2, 0) is 4.74 Å².